The topological polar surface area (TPSA) is 50.8 Å². The van der Waals surface area contributed by atoms with Crippen LogP contribution in [0.1, 0.15) is 16.7 Å². The molecule has 0 saturated carbocycles. The Kier molecular flexibility index (Phi) is 6.21. The number of ether oxygens (including phenoxy) is 1. The second kappa shape index (κ2) is 8.36. The number of carbonyl (C=O) groups excluding carboxylic acids is 1. The normalized spacial score (nSPS) is 10.3. The maximum atomic E-state index is 11.7. The van der Waals surface area contributed by atoms with Gasteiger partial charge in [-0.1, -0.05) is 23.8 Å². The molecule has 0 unspecified atom stereocenters. The van der Waals surface area contributed by atoms with E-state index in [1.165, 1.54) is 23.8 Å². The van der Waals surface area contributed by atoms with Crippen molar-refractivity contribution in [2.24, 2.45) is 0 Å². The molecule has 2 aromatic carbocycles. The lowest BCUT2D eigenvalue weighted by molar-refractivity contribution is -0.0598. The van der Waals surface area contributed by atoms with Crippen molar-refractivity contribution in [3.05, 3.63) is 59.2 Å². The van der Waals surface area contributed by atoms with Crippen molar-refractivity contribution < 1.29 is 14.4 Å². The molecule has 0 aliphatic rings. The summed E-state index contributed by atoms with van der Waals surface area (Å²) in [4.78, 5) is 16.5. The molecule has 0 aromatic heterocycles. The van der Waals surface area contributed by atoms with Crippen LogP contribution in [0.3, 0.4) is 0 Å². The molecule has 0 fully saturated rings. The third kappa shape index (κ3) is 4.99. The van der Waals surface area contributed by atoms with E-state index in [0.717, 1.165) is 17.2 Å². The molecule has 0 spiro atoms. The minimum absolute atomic E-state index is 0.332. The van der Waals surface area contributed by atoms with Crippen LogP contribution in [0.15, 0.2) is 42.5 Å². The minimum Gasteiger partial charge on any atom is -0.493 e. The monoisotopic (exact) mass is 328 g/mol. The van der Waals surface area contributed by atoms with Crippen LogP contribution in [0.4, 0.5) is 10.5 Å². The first-order valence-corrected chi connectivity index (χ1v) is 7.87. The molecule has 0 atom stereocenters. The van der Waals surface area contributed by atoms with Gasteiger partial charge >= 0.3 is 6.03 Å². The zero-order valence-electron chi connectivity index (χ0n) is 14.6. The number of hydrogen-bond donors (Lipinski definition) is 1. The van der Waals surface area contributed by atoms with Gasteiger partial charge in [0, 0.05) is 19.2 Å². The Bertz CT molecular complexity index is 684. The highest BCUT2D eigenvalue weighted by molar-refractivity contribution is 5.88. The van der Waals surface area contributed by atoms with Crippen LogP contribution in [-0.4, -0.2) is 31.9 Å². The van der Waals surface area contributed by atoms with Crippen molar-refractivity contribution in [3.8, 4) is 5.75 Å². The molecule has 5 heteroatoms. The van der Waals surface area contributed by atoms with Gasteiger partial charge in [-0.2, -0.15) is 0 Å². The van der Waals surface area contributed by atoms with Crippen molar-refractivity contribution in [3.63, 3.8) is 0 Å². The number of rotatable bonds is 6. The van der Waals surface area contributed by atoms with Crippen LogP contribution in [0.2, 0.25) is 0 Å². The molecule has 0 aliphatic heterocycles. The van der Waals surface area contributed by atoms with Crippen LogP contribution < -0.4 is 10.1 Å². The second-order valence-corrected chi connectivity index (χ2v) is 5.66. The molecule has 0 saturated heterocycles. The summed E-state index contributed by atoms with van der Waals surface area (Å²) in [5.74, 6) is 0.776. The maximum absolute atomic E-state index is 11.7. The SMILES string of the molecule is CON(C)C(=O)Nc1ccc(OCCc2cc(C)ccc2C)cc1. The number of amides is 2. The van der Waals surface area contributed by atoms with Gasteiger partial charge in [-0.25, -0.2) is 9.86 Å². The number of nitrogens with zero attached hydrogens (tertiary/aromatic N) is 1. The largest absolute Gasteiger partial charge is 0.493 e. The van der Waals surface area contributed by atoms with E-state index >= 15 is 0 Å². The summed E-state index contributed by atoms with van der Waals surface area (Å²) in [6, 6.07) is 13.4. The third-order valence-corrected chi connectivity index (χ3v) is 3.81. The molecule has 0 heterocycles. The number of nitrogens with one attached hydrogen (secondary N) is 1. The summed E-state index contributed by atoms with van der Waals surface area (Å²) in [6.45, 7) is 4.82. The highest BCUT2D eigenvalue weighted by Crippen LogP contribution is 2.17. The third-order valence-electron chi connectivity index (χ3n) is 3.81. The highest BCUT2D eigenvalue weighted by Gasteiger charge is 2.07. The number of urea groups is 1. The van der Waals surface area contributed by atoms with Gasteiger partial charge in [0.05, 0.1) is 13.7 Å². The average molecular weight is 328 g/mol. The van der Waals surface area contributed by atoms with E-state index in [4.69, 9.17) is 9.57 Å². The van der Waals surface area contributed by atoms with Crippen molar-refractivity contribution in [1.82, 2.24) is 5.06 Å². The summed E-state index contributed by atoms with van der Waals surface area (Å²) in [5, 5.41) is 3.84. The predicted molar refractivity (Wildman–Crippen MR) is 95.3 cm³/mol. The van der Waals surface area contributed by atoms with Gasteiger partial charge < -0.3 is 10.1 Å². The average Bonchev–Trinajstić information content (AvgIpc) is 2.58. The Labute approximate surface area is 143 Å². The summed E-state index contributed by atoms with van der Waals surface area (Å²) in [7, 11) is 2.98. The van der Waals surface area contributed by atoms with Gasteiger partial charge in [-0.15, -0.1) is 0 Å². The van der Waals surface area contributed by atoms with E-state index in [0.29, 0.717) is 12.3 Å². The molecule has 0 radical (unpaired) electrons. The maximum Gasteiger partial charge on any atom is 0.345 e. The predicted octanol–water partition coefficient (Wildman–Crippen LogP) is 3.95. The molecular weight excluding hydrogens is 304 g/mol. The Morgan fingerprint density at radius 2 is 1.83 bits per heavy atom. The molecule has 0 bridgehead atoms. The summed E-state index contributed by atoms with van der Waals surface area (Å²) in [6.07, 6.45) is 0.866. The van der Waals surface area contributed by atoms with Crippen molar-refractivity contribution in [2.45, 2.75) is 20.3 Å². The van der Waals surface area contributed by atoms with Gasteiger partial charge in [0.25, 0.3) is 0 Å². The van der Waals surface area contributed by atoms with Crippen LogP contribution >= 0.6 is 0 Å². The van der Waals surface area contributed by atoms with E-state index in [9.17, 15) is 4.79 Å². The molecular formula is C19H24N2O3. The Hall–Kier alpha value is -2.53. The second-order valence-electron chi connectivity index (χ2n) is 5.66. The van der Waals surface area contributed by atoms with Crippen LogP contribution in [0, 0.1) is 13.8 Å². The summed E-state index contributed by atoms with van der Waals surface area (Å²) < 4.78 is 5.79. The molecule has 2 rings (SSSR count). The van der Waals surface area contributed by atoms with E-state index in [2.05, 4.69) is 37.4 Å². The Morgan fingerprint density at radius 1 is 1.12 bits per heavy atom. The number of anilines is 1. The number of benzene rings is 2. The fraction of sp³-hybridized carbons (Fsp3) is 0.316. The number of hydrogen-bond acceptors (Lipinski definition) is 3. The quantitative estimate of drug-likeness (QED) is 0.817. The first-order valence-electron chi connectivity index (χ1n) is 7.87. The standard InChI is InChI=1S/C19H24N2O3/c1-14-5-6-15(2)16(13-14)11-12-24-18-9-7-17(8-10-18)20-19(22)21(3)23-4/h5-10,13H,11-12H2,1-4H3,(H,20,22). The minimum atomic E-state index is -0.332. The molecule has 2 aromatic rings. The number of carbonyl (C=O) groups is 1. The van der Waals surface area contributed by atoms with Gasteiger partial charge in [-0.3, -0.25) is 4.84 Å². The van der Waals surface area contributed by atoms with Gasteiger partial charge in [0.2, 0.25) is 0 Å². The summed E-state index contributed by atoms with van der Waals surface area (Å²) in [5.41, 5.74) is 4.54. The van der Waals surface area contributed by atoms with Gasteiger partial charge in [0.1, 0.15) is 5.75 Å². The van der Waals surface area contributed by atoms with E-state index < -0.39 is 0 Å². The zero-order chi connectivity index (χ0) is 17.5. The Morgan fingerprint density at radius 3 is 2.50 bits per heavy atom. The summed E-state index contributed by atoms with van der Waals surface area (Å²) >= 11 is 0. The number of hydroxylamine groups is 2. The molecule has 128 valence electrons. The van der Waals surface area contributed by atoms with E-state index in [1.54, 1.807) is 19.2 Å². The first kappa shape index (κ1) is 17.8. The lowest BCUT2D eigenvalue weighted by atomic mass is 10.0. The first-order chi connectivity index (χ1) is 11.5. The van der Waals surface area contributed by atoms with Gasteiger partial charge in [-0.05, 0) is 49.2 Å². The molecule has 5 nitrogen and oxygen atoms in total. The van der Waals surface area contributed by atoms with Crippen molar-refractivity contribution in [1.29, 1.82) is 0 Å². The van der Waals surface area contributed by atoms with Crippen molar-refractivity contribution >= 4 is 11.7 Å². The smallest absolute Gasteiger partial charge is 0.345 e. The fourth-order valence-electron chi connectivity index (χ4n) is 2.27. The van der Waals surface area contributed by atoms with E-state index in [1.807, 2.05) is 12.1 Å². The van der Waals surface area contributed by atoms with Crippen molar-refractivity contribution in [2.75, 3.05) is 26.1 Å². The van der Waals surface area contributed by atoms with Crippen LogP contribution in [0.25, 0.3) is 0 Å². The van der Waals surface area contributed by atoms with Crippen LogP contribution in [-0.2, 0) is 11.3 Å². The molecule has 2 amide bonds. The molecule has 1 N–H and O–H groups in total. The zero-order valence-corrected chi connectivity index (χ0v) is 14.6. The fourth-order valence-corrected chi connectivity index (χ4v) is 2.27. The highest BCUT2D eigenvalue weighted by atomic mass is 16.7. The Balaban J connectivity index is 1.86. The lowest BCUT2D eigenvalue weighted by Gasteiger charge is -2.15. The van der Waals surface area contributed by atoms with E-state index in [-0.39, 0.29) is 6.03 Å². The molecule has 0 aliphatic carbocycles. The van der Waals surface area contributed by atoms with Crippen LogP contribution in [0.5, 0.6) is 5.75 Å². The lowest BCUT2D eigenvalue weighted by Crippen LogP contribution is -2.30. The molecule has 24 heavy (non-hydrogen) atoms. The van der Waals surface area contributed by atoms with Gasteiger partial charge in [0.15, 0.2) is 0 Å². The number of aryl methyl sites for hydroxylation is 2.